The number of halogens is 1. The number of nitrogens with zero attached hydrogens (tertiary/aromatic N) is 6. The van der Waals surface area contributed by atoms with E-state index in [1.54, 1.807) is 16.6 Å². The van der Waals surface area contributed by atoms with E-state index in [0.717, 1.165) is 28.8 Å². The van der Waals surface area contributed by atoms with E-state index in [4.69, 9.17) is 0 Å². The number of fused-ring (bicyclic) bond motifs is 1. The van der Waals surface area contributed by atoms with E-state index in [9.17, 15) is 14.0 Å². The molecule has 3 aromatic carbocycles. The zero-order valence-corrected chi connectivity index (χ0v) is 25.0. The van der Waals surface area contributed by atoms with E-state index >= 15 is 0 Å². The van der Waals surface area contributed by atoms with Crippen molar-refractivity contribution in [3.8, 4) is 28.2 Å². The van der Waals surface area contributed by atoms with Crippen LogP contribution in [0.15, 0.2) is 93.2 Å². The summed E-state index contributed by atoms with van der Waals surface area (Å²) in [5.74, 6) is -0.518. The Bertz CT molecular complexity index is 1910. The van der Waals surface area contributed by atoms with Crippen molar-refractivity contribution >= 4 is 5.78 Å². The molecule has 0 fully saturated rings. The molecule has 9 nitrogen and oxygen atoms in total. The SMILES string of the molecule is CCCc1c(Cc2ccc(-c3ccccc3-c3noc(=O)[n-]3)cc2)c(=O)n(-c2ccc(F)cc2)c2ncnn12.[K+]. The molecule has 0 bridgehead atoms. The van der Waals surface area contributed by atoms with Gasteiger partial charge in [-0.3, -0.25) is 9.95 Å². The molecule has 194 valence electrons. The molecule has 0 aliphatic heterocycles. The van der Waals surface area contributed by atoms with Crippen LogP contribution >= 0.6 is 0 Å². The van der Waals surface area contributed by atoms with Crippen molar-refractivity contribution in [2.24, 2.45) is 0 Å². The van der Waals surface area contributed by atoms with Gasteiger partial charge in [-0.25, -0.2) is 18.3 Å². The fourth-order valence-corrected chi connectivity index (χ4v) is 4.80. The Balaban J connectivity index is 0.00000323. The average Bonchev–Trinajstić information content (AvgIpc) is 3.61. The third-order valence-electron chi connectivity index (χ3n) is 6.59. The number of rotatable bonds is 7. The van der Waals surface area contributed by atoms with Crippen LogP contribution < -0.4 is 67.7 Å². The van der Waals surface area contributed by atoms with Crippen LogP contribution in [0.5, 0.6) is 0 Å². The van der Waals surface area contributed by atoms with Gasteiger partial charge in [-0.15, -0.1) is 0 Å². The Morgan fingerprint density at radius 3 is 2.35 bits per heavy atom. The molecule has 0 saturated heterocycles. The van der Waals surface area contributed by atoms with Gasteiger partial charge in [0.05, 0.1) is 11.4 Å². The fraction of sp³-hybridized carbons (Fsp3) is 0.138. The van der Waals surface area contributed by atoms with Crippen LogP contribution in [-0.4, -0.2) is 24.3 Å². The van der Waals surface area contributed by atoms with Crippen molar-refractivity contribution in [2.75, 3.05) is 0 Å². The number of aromatic nitrogens is 6. The molecule has 6 aromatic rings. The van der Waals surface area contributed by atoms with Crippen molar-refractivity contribution in [3.05, 3.63) is 123 Å². The second-order valence-electron chi connectivity index (χ2n) is 9.07. The first-order chi connectivity index (χ1) is 19.0. The molecule has 0 N–H and O–H groups in total. The first kappa shape index (κ1) is 28.1. The van der Waals surface area contributed by atoms with Gasteiger partial charge in [-0.1, -0.05) is 61.9 Å². The van der Waals surface area contributed by atoms with Crippen LogP contribution in [-0.2, 0) is 12.8 Å². The molecule has 0 unspecified atom stereocenters. The number of benzene rings is 3. The molecule has 0 spiro atoms. The van der Waals surface area contributed by atoms with Crippen LogP contribution in [0.4, 0.5) is 4.39 Å². The molecule has 40 heavy (non-hydrogen) atoms. The number of aryl methyl sites for hydroxylation is 1. The van der Waals surface area contributed by atoms with Gasteiger partial charge in [-0.2, -0.15) is 10.1 Å². The topological polar surface area (TPSA) is 109 Å². The largest absolute Gasteiger partial charge is 1.00 e. The van der Waals surface area contributed by atoms with Gasteiger partial charge in [0.2, 0.25) is 5.78 Å². The minimum atomic E-state index is -0.742. The third kappa shape index (κ3) is 5.30. The number of hydrogen-bond acceptors (Lipinski definition) is 6. The zero-order valence-electron chi connectivity index (χ0n) is 21.9. The molecular weight excluding hydrogens is 538 g/mol. The molecule has 0 aliphatic rings. The van der Waals surface area contributed by atoms with Crippen molar-refractivity contribution in [3.63, 3.8) is 0 Å². The summed E-state index contributed by atoms with van der Waals surface area (Å²) in [5.41, 5.74) is 5.05. The summed E-state index contributed by atoms with van der Waals surface area (Å²) in [4.78, 5) is 33.5. The Morgan fingerprint density at radius 2 is 1.68 bits per heavy atom. The Hall–Kier alpha value is -3.48. The third-order valence-corrected chi connectivity index (χ3v) is 6.59. The molecule has 3 aromatic heterocycles. The first-order valence-corrected chi connectivity index (χ1v) is 12.5. The van der Waals surface area contributed by atoms with Gasteiger partial charge in [0, 0.05) is 12.0 Å². The summed E-state index contributed by atoms with van der Waals surface area (Å²) in [6.07, 6.45) is 3.26. The second kappa shape index (κ2) is 11.9. The van der Waals surface area contributed by atoms with Crippen LogP contribution in [0.25, 0.3) is 34.0 Å². The number of hydrogen-bond donors (Lipinski definition) is 0. The smallest absolute Gasteiger partial charge is 0.422 e. The summed E-state index contributed by atoms with van der Waals surface area (Å²) in [6, 6.07) is 21.1. The van der Waals surface area contributed by atoms with Gasteiger partial charge in [0.15, 0.2) is 0 Å². The predicted octanol–water partition coefficient (Wildman–Crippen LogP) is 1.21. The van der Waals surface area contributed by atoms with Crippen LogP contribution in [0.1, 0.15) is 30.2 Å². The molecule has 3 heterocycles. The molecule has 0 saturated carbocycles. The normalized spacial score (nSPS) is 11.1. The van der Waals surface area contributed by atoms with E-state index in [-0.39, 0.29) is 68.6 Å². The summed E-state index contributed by atoms with van der Waals surface area (Å²) >= 11 is 0. The fourth-order valence-electron chi connectivity index (χ4n) is 4.80. The predicted molar refractivity (Wildman–Crippen MR) is 142 cm³/mol. The molecule has 0 aliphatic carbocycles. The van der Waals surface area contributed by atoms with E-state index < -0.39 is 5.76 Å². The van der Waals surface area contributed by atoms with Crippen LogP contribution in [0, 0.1) is 5.82 Å². The molecule has 0 amide bonds. The standard InChI is InChI=1S/C29H23FN6O3.K/c1-2-5-25-24(27(37)35(28-31-17-32-36(25)28)21-14-12-20(30)13-15-21)16-18-8-10-19(11-9-18)22-6-3-4-7-23(22)26-33-29(38)39-34-26;/h3-4,6-15,17H,2,5,16H2,1H3,(H,33,34,38);/q;+1/p-1. The maximum Gasteiger partial charge on any atom is 1.00 e. The first-order valence-electron chi connectivity index (χ1n) is 12.5. The van der Waals surface area contributed by atoms with E-state index in [2.05, 4.69) is 24.7 Å². The minimum Gasteiger partial charge on any atom is -0.422 e. The van der Waals surface area contributed by atoms with Gasteiger partial charge in [-0.05, 0) is 58.8 Å². The molecular formula is C29H22FKN6O3. The van der Waals surface area contributed by atoms with Gasteiger partial charge < -0.3 is 9.51 Å². The van der Waals surface area contributed by atoms with Gasteiger partial charge in [0.1, 0.15) is 12.1 Å². The zero-order chi connectivity index (χ0) is 26.9. The minimum absolute atomic E-state index is 0. The Labute approximate surface area is 270 Å². The quantitative estimate of drug-likeness (QED) is 0.270. The monoisotopic (exact) mass is 560 g/mol. The molecule has 6 rings (SSSR count). The molecule has 0 atom stereocenters. The summed E-state index contributed by atoms with van der Waals surface area (Å²) < 4.78 is 21.4. The van der Waals surface area contributed by atoms with Crippen molar-refractivity contribution in [2.45, 2.75) is 26.2 Å². The van der Waals surface area contributed by atoms with Crippen LogP contribution in [0.2, 0.25) is 0 Å². The van der Waals surface area contributed by atoms with E-state index in [0.29, 0.717) is 35.4 Å². The summed E-state index contributed by atoms with van der Waals surface area (Å²) in [6.45, 7) is 2.05. The van der Waals surface area contributed by atoms with Crippen molar-refractivity contribution < 1.29 is 60.3 Å². The van der Waals surface area contributed by atoms with E-state index in [1.165, 1.54) is 23.0 Å². The van der Waals surface area contributed by atoms with Gasteiger partial charge >= 0.3 is 57.1 Å². The van der Waals surface area contributed by atoms with Crippen molar-refractivity contribution in [1.82, 2.24) is 29.3 Å². The van der Waals surface area contributed by atoms with Gasteiger partial charge in [0.25, 0.3) is 5.56 Å². The Kier molecular flexibility index (Phi) is 8.38. The Morgan fingerprint density at radius 1 is 0.950 bits per heavy atom. The maximum absolute atomic E-state index is 13.9. The van der Waals surface area contributed by atoms with Crippen LogP contribution in [0.3, 0.4) is 0 Å². The van der Waals surface area contributed by atoms with E-state index in [1.807, 2.05) is 55.5 Å². The summed E-state index contributed by atoms with van der Waals surface area (Å²) in [5, 5.41) is 8.18. The second-order valence-corrected chi connectivity index (χ2v) is 9.07. The van der Waals surface area contributed by atoms with Crippen molar-refractivity contribution in [1.29, 1.82) is 0 Å². The maximum atomic E-state index is 13.9. The molecule has 11 heteroatoms. The molecule has 0 radical (unpaired) electrons. The summed E-state index contributed by atoms with van der Waals surface area (Å²) in [7, 11) is 0. The average molecular weight is 561 g/mol.